The Kier molecular flexibility index (Phi) is 5.55. The normalized spacial score (nSPS) is 25.7. The fraction of sp³-hybridized carbons (Fsp3) is 0.619. The van der Waals surface area contributed by atoms with Crippen LogP contribution in [0.5, 0.6) is 0 Å². The Hall–Kier alpha value is -1.40. The second-order valence-electron chi connectivity index (χ2n) is 8.08. The lowest BCUT2D eigenvalue weighted by atomic mass is 9.82. The summed E-state index contributed by atoms with van der Waals surface area (Å²) in [7, 11) is 0. The molecule has 1 saturated carbocycles. The maximum Gasteiger partial charge on any atom is 0.226 e. The number of rotatable bonds is 4. The van der Waals surface area contributed by atoms with Crippen LogP contribution in [0.4, 0.5) is 0 Å². The highest BCUT2D eigenvalue weighted by atomic mass is 79.9. The molecule has 0 bridgehead atoms. The molecule has 4 rings (SSSR count). The molecule has 3 fully saturated rings. The van der Waals surface area contributed by atoms with Crippen LogP contribution in [-0.2, 0) is 19.9 Å². The first kappa shape index (κ1) is 18.9. The number of carbonyl (C=O) groups is 2. The molecule has 1 N–H and O–H groups in total. The van der Waals surface area contributed by atoms with Crippen molar-refractivity contribution in [3.8, 4) is 0 Å². The van der Waals surface area contributed by atoms with Gasteiger partial charge in [-0.2, -0.15) is 0 Å². The van der Waals surface area contributed by atoms with Crippen LogP contribution in [0.2, 0.25) is 0 Å². The highest BCUT2D eigenvalue weighted by molar-refractivity contribution is 9.10. The summed E-state index contributed by atoms with van der Waals surface area (Å²) < 4.78 is 6.56. The van der Waals surface area contributed by atoms with Crippen molar-refractivity contribution in [2.75, 3.05) is 19.8 Å². The van der Waals surface area contributed by atoms with Gasteiger partial charge >= 0.3 is 0 Å². The molecule has 2 heterocycles. The molecule has 2 aliphatic heterocycles. The van der Waals surface area contributed by atoms with E-state index in [-0.39, 0.29) is 17.7 Å². The molecular weight excluding hydrogens is 408 g/mol. The van der Waals surface area contributed by atoms with Crippen molar-refractivity contribution in [3.05, 3.63) is 34.3 Å². The van der Waals surface area contributed by atoms with Crippen LogP contribution in [0.15, 0.2) is 28.7 Å². The van der Waals surface area contributed by atoms with Gasteiger partial charge in [0.15, 0.2) is 0 Å². The smallest absolute Gasteiger partial charge is 0.226 e. The second kappa shape index (κ2) is 7.92. The van der Waals surface area contributed by atoms with Gasteiger partial charge in [0.1, 0.15) is 0 Å². The maximum atomic E-state index is 13.1. The van der Waals surface area contributed by atoms with Gasteiger partial charge in [0.25, 0.3) is 0 Å². The average molecular weight is 435 g/mol. The van der Waals surface area contributed by atoms with Gasteiger partial charge in [0, 0.05) is 36.7 Å². The maximum absolute atomic E-state index is 13.1. The number of hydrogen-bond acceptors (Lipinski definition) is 3. The molecule has 0 radical (unpaired) electrons. The van der Waals surface area contributed by atoms with E-state index in [1.165, 1.54) is 12.8 Å². The Morgan fingerprint density at radius 2 is 1.96 bits per heavy atom. The molecule has 0 spiro atoms. The largest absolute Gasteiger partial charge is 0.381 e. The van der Waals surface area contributed by atoms with Crippen molar-refractivity contribution in [1.82, 2.24) is 10.2 Å². The van der Waals surface area contributed by atoms with Crippen LogP contribution in [0.1, 0.15) is 50.5 Å². The topological polar surface area (TPSA) is 58.6 Å². The number of hydrogen-bond donors (Lipinski definition) is 1. The van der Waals surface area contributed by atoms with Gasteiger partial charge in [0.2, 0.25) is 11.8 Å². The number of nitrogens with zero attached hydrogens (tertiary/aromatic N) is 1. The van der Waals surface area contributed by atoms with E-state index in [0.717, 1.165) is 35.7 Å². The van der Waals surface area contributed by atoms with Crippen LogP contribution in [0.25, 0.3) is 0 Å². The number of nitrogens with one attached hydrogen (secondary N) is 1. The number of likely N-dealkylation sites (tertiary alicyclic amines) is 1. The predicted octanol–water partition coefficient (Wildman–Crippen LogP) is 3.36. The first-order valence-corrected chi connectivity index (χ1v) is 10.8. The number of halogens is 1. The van der Waals surface area contributed by atoms with E-state index in [1.807, 2.05) is 17.0 Å². The van der Waals surface area contributed by atoms with Crippen LogP contribution >= 0.6 is 15.9 Å². The summed E-state index contributed by atoms with van der Waals surface area (Å²) in [6.07, 6.45) is 6.39. The van der Waals surface area contributed by atoms with E-state index in [4.69, 9.17) is 4.74 Å². The van der Waals surface area contributed by atoms with Crippen LogP contribution in [-0.4, -0.2) is 42.5 Å². The average Bonchev–Trinajstić information content (AvgIpc) is 3.32. The molecule has 2 saturated heterocycles. The molecule has 27 heavy (non-hydrogen) atoms. The third kappa shape index (κ3) is 3.92. The molecular formula is C21H27BrN2O3. The van der Waals surface area contributed by atoms with E-state index in [2.05, 4.69) is 33.4 Å². The van der Waals surface area contributed by atoms with Crippen molar-refractivity contribution in [2.24, 2.45) is 5.92 Å². The lowest BCUT2D eigenvalue weighted by Crippen LogP contribution is -2.51. The molecule has 1 atom stereocenters. The summed E-state index contributed by atoms with van der Waals surface area (Å²) >= 11 is 3.54. The highest BCUT2D eigenvalue weighted by Gasteiger charge is 2.42. The Morgan fingerprint density at radius 3 is 2.67 bits per heavy atom. The Bertz CT molecular complexity index is 711. The van der Waals surface area contributed by atoms with Gasteiger partial charge in [-0.3, -0.25) is 9.59 Å². The van der Waals surface area contributed by atoms with Gasteiger partial charge in [-0.15, -0.1) is 0 Å². The van der Waals surface area contributed by atoms with Gasteiger partial charge in [-0.25, -0.2) is 0 Å². The molecule has 1 aromatic carbocycles. The summed E-state index contributed by atoms with van der Waals surface area (Å²) in [5.41, 5.74) is 0.689. The van der Waals surface area contributed by atoms with E-state index in [9.17, 15) is 9.59 Å². The molecule has 1 aliphatic carbocycles. The summed E-state index contributed by atoms with van der Waals surface area (Å²) in [5, 5.41) is 3.33. The van der Waals surface area contributed by atoms with Crippen molar-refractivity contribution in [3.63, 3.8) is 0 Å². The number of benzene rings is 1. The standard InChI is InChI=1S/C21H27BrN2O3/c22-17-5-3-4-16(13-17)21(8-10-27-11-9-21)23-20(26)15-12-19(25)24(14-15)18-6-1-2-7-18/h3-5,13,15,18H,1-2,6-12,14H2,(H,23,26)/t15-/m0/s1. The van der Waals surface area contributed by atoms with E-state index in [1.54, 1.807) is 0 Å². The number of carbonyl (C=O) groups excluding carboxylic acids is 2. The van der Waals surface area contributed by atoms with Gasteiger partial charge < -0.3 is 15.0 Å². The quantitative estimate of drug-likeness (QED) is 0.789. The minimum Gasteiger partial charge on any atom is -0.381 e. The predicted molar refractivity (Wildman–Crippen MR) is 106 cm³/mol. The zero-order valence-corrected chi connectivity index (χ0v) is 17.2. The lowest BCUT2D eigenvalue weighted by Gasteiger charge is -2.39. The van der Waals surface area contributed by atoms with Gasteiger partial charge in [-0.1, -0.05) is 40.9 Å². The Balaban J connectivity index is 1.50. The Morgan fingerprint density at radius 1 is 1.22 bits per heavy atom. The van der Waals surface area contributed by atoms with Crippen molar-refractivity contribution >= 4 is 27.7 Å². The fourth-order valence-corrected chi connectivity index (χ4v) is 5.21. The molecule has 0 unspecified atom stereocenters. The third-order valence-electron chi connectivity index (χ3n) is 6.38. The SMILES string of the molecule is O=C(NC1(c2cccc(Br)c2)CCOCC1)[C@H]1CC(=O)N(C2CCCC2)C1. The first-order valence-electron chi connectivity index (χ1n) is 10.0. The molecule has 5 nitrogen and oxygen atoms in total. The molecule has 2 amide bonds. The fourth-order valence-electron chi connectivity index (χ4n) is 4.81. The molecule has 1 aromatic rings. The second-order valence-corrected chi connectivity index (χ2v) is 9.00. The molecule has 0 aromatic heterocycles. The van der Waals surface area contributed by atoms with Crippen LogP contribution in [0.3, 0.4) is 0 Å². The van der Waals surface area contributed by atoms with E-state index in [0.29, 0.717) is 32.2 Å². The number of amides is 2. The third-order valence-corrected chi connectivity index (χ3v) is 6.87. The first-order chi connectivity index (χ1) is 13.1. The van der Waals surface area contributed by atoms with Crippen molar-refractivity contribution < 1.29 is 14.3 Å². The van der Waals surface area contributed by atoms with Crippen molar-refractivity contribution in [1.29, 1.82) is 0 Å². The lowest BCUT2D eigenvalue weighted by molar-refractivity contribution is -0.131. The van der Waals surface area contributed by atoms with Crippen LogP contribution in [0, 0.1) is 5.92 Å². The van der Waals surface area contributed by atoms with Gasteiger partial charge in [-0.05, 0) is 43.4 Å². The van der Waals surface area contributed by atoms with Gasteiger partial charge in [0.05, 0.1) is 11.5 Å². The summed E-state index contributed by atoms with van der Waals surface area (Å²) in [6, 6.07) is 8.49. The minimum atomic E-state index is -0.414. The molecule has 146 valence electrons. The van der Waals surface area contributed by atoms with E-state index >= 15 is 0 Å². The summed E-state index contributed by atoms with van der Waals surface area (Å²) in [6.45, 7) is 1.83. The zero-order chi connectivity index (χ0) is 18.9. The molecule has 3 aliphatic rings. The van der Waals surface area contributed by atoms with Crippen LogP contribution < -0.4 is 5.32 Å². The summed E-state index contributed by atoms with van der Waals surface area (Å²) in [4.78, 5) is 27.6. The minimum absolute atomic E-state index is 0.00530. The highest BCUT2D eigenvalue weighted by Crippen LogP contribution is 2.35. The Labute approximate surface area is 169 Å². The monoisotopic (exact) mass is 434 g/mol. The molecule has 6 heteroatoms. The zero-order valence-electron chi connectivity index (χ0n) is 15.6. The van der Waals surface area contributed by atoms with E-state index < -0.39 is 5.54 Å². The number of ether oxygens (including phenoxy) is 1. The summed E-state index contributed by atoms with van der Waals surface area (Å²) in [5.74, 6) is -0.0961. The van der Waals surface area contributed by atoms with Crippen molar-refractivity contribution in [2.45, 2.75) is 56.5 Å².